The summed E-state index contributed by atoms with van der Waals surface area (Å²) in [5.74, 6) is -0.477. The summed E-state index contributed by atoms with van der Waals surface area (Å²) in [4.78, 5) is 28.4. The van der Waals surface area contributed by atoms with Crippen LogP contribution in [-0.2, 0) is 26.2 Å². The van der Waals surface area contributed by atoms with Gasteiger partial charge in [0, 0.05) is 23.7 Å². The van der Waals surface area contributed by atoms with Gasteiger partial charge in [-0.3, -0.25) is 13.9 Å². The van der Waals surface area contributed by atoms with Gasteiger partial charge in [-0.25, -0.2) is 8.42 Å². The van der Waals surface area contributed by atoms with Crippen LogP contribution >= 0.6 is 11.6 Å². The van der Waals surface area contributed by atoms with E-state index in [1.165, 1.54) is 24.1 Å². The Morgan fingerprint density at radius 2 is 1.64 bits per heavy atom. The average Bonchev–Trinajstić information content (AvgIpc) is 2.95. The molecule has 3 rings (SSSR count). The smallest absolute Gasteiger partial charge is 0.264 e. The van der Waals surface area contributed by atoms with Gasteiger partial charge in [-0.1, -0.05) is 61.0 Å². The summed E-state index contributed by atoms with van der Waals surface area (Å²) in [5, 5.41) is 3.34. The van der Waals surface area contributed by atoms with Gasteiger partial charge in [-0.15, -0.1) is 0 Å². The van der Waals surface area contributed by atoms with Crippen LogP contribution in [0.2, 0.25) is 5.02 Å². The summed E-state index contributed by atoms with van der Waals surface area (Å²) in [5.41, 5.74) is 0.885. The Labute approximate surface area is 235 Å². The normalized spacial score (nSPS) is 12.7. The maximum absolute atomic E-state index is 13.9. The van der Waals surface area contributed by atoms with Crippen molar-refractivity contribution in [2.75, 3.05) is 18.0 Å². The molecule has 0 bridgehead atoms. The zero-order valence-electron chi connectivity index (χ0n) is 22.5. The Morgan fingerprint density at radius 3 is 2.28 bits per heavy atom. The van der Waals surface area contributed by atoms with Gasteiger partial charge in [-0.2, -0.15) is 0 Å². The van der Waals surface area contributed by atoms with E-state index in [2.05, 4.69) is 5.32 Å². The fourth-order valence-electron chi connectivity index (χ4n) is 3.87. The number of hydrogen-bond acceptors (Lipinski definition) is 5. The summed E-state index contributed by atoms with van der Waals surface area (Å²) in [6, 6.07) is 20.4. The lowest BCUT2D eigenvalue weighted by atomic mass is 10.1. The average molecular weight is 572 g/mol. The van der Waals surface area contributed by atoms with E-state index < -0.39 is 28.5 Å². The quantitative estimate of drug-likeness (QED) is 0.334. The fraction of sp³-hybridized carbons (Fsp3) is 0.310. The fourth-order valence-corrected chi connectivity index (χ4v) is 5.49. The van der Waals surface area contributed by atoms with Crippen molar-refractivity contribution < 1.29 is 22.7 Å². The highest BCUT2D eigenvalue weighted by Gasteiger charge is 2.33. The first-order chi connectivity index (χ1) is 18.6. The third kappa shape index (κ3) is 7.52. The molecular formula is C29H34ClN3O5S. The van der Waals surface area contributed by atoms with Crippen LogP contribution in [-0.4, -0.2) is 50.9 Å². The highest BCUT2D eigenvalue weighted by molar-refractivity contribution is 7.92. The summed E-state index contributed by atoms with van der Waals surface area (Å²) in [6.45, 7) is 4.92. The number of rotatable bonds is 12. The van der Waals surface area contributed by atoms with Gasteiger partial charge >= 0.3 is 0 Å². The Bertz CT molecular complexity index is 1380. The molecule has 0 heterocycles. The molecule has 39 heavy (non-hydrogen) atoms. The lowest BCUT2D eigenvalue weighted by Gasteiger charge is -2.32. The van der Waals surface area contributed by atoms with Crippen molar-refractivity contribution in [2.45, 2.75) is 50.7 Å². The van der Waals surface area contributed by atoms with Crippen LogP contribution in [0.1, 0.15) is 32.8 Å². The molecule has 0 aliphatic carbocycles. The number of halogens is 1. The Balaban J connectivity index is 2.04. The third-order valence-corrected chi connectivity index (χ3v) is 8.58. The van der Waals surface area contributed by atoms with Gasteiger partial charge in [0.1, 0.15) is 18.3 Å². The number of carbonyl (C=O) groups excluding carboxylic acids is 2. The number of amides is 2. The van der Waals surface area contributed by atoms with Crippen LogP contribution < -0.4 is 14.4 Å². The maximum Gasteiger partial charge on any atom is 0.264 e. The van der Waals surface area contributed by atoms with Crippen molar-refractivity contribution in [1.29, 1.82) is 0 Å². The molecule has 0 aliphatic rings. The molecule has 0 fully saturated rings. The van der Waals surface area contributed by atoms with Crippen LogP contribution in [0.5, 0.6) is 5.75 Å². The first-order valence-electron chi connectivity index (χ1n) is 12.6. The number of sulfonamides is 1. The Kier molecular flexibility index (Phi) is 10.4. The molecule has 8 nitrogen and oxygen atoms in total. The van der Waals surface area contributed by atoms with Gasteiger partial charge in [0.25, 0.3) is 10.0 Å². The first-order valence-corrected chi connectivity index (χ1v) is 14.4. The van der Waals surface area contributed by atoms with Crippen molar-refractivity contribution in [1.82, 2.24) is 10.2 Å². The van der Waals surface area contributed by atoms with Crippen molar-refractivity contribution in [3.63, 3.8) is 0 Å². The minimum Gasteiger partial charge on any atom is -0.497 e. The van der Waals surface area contributed by atoms with Crippen molar-refractivity contribution in [2.24, 2.45) is 0 Å². The second kappa shape index (κ2) is 13.5. The molecule has 2 unspecified atom stereocenters. The van der Waals surface area contributed by atoms with Crippen molar-refractivity contribution >= 4 is 39.1 Å². The second-order valence-corrected chi connectivity index (χ2v) is 11.4. The van der Waals surface area contributed by atoms with Crippen LogP contribution in [0.25, 0.3) is 0 Å². The van der Waals surface area contributed by atoms with Gasteiger partial charge < -0.3 is 15.0 Å². The van der Waals surface area contributed by atoms with E-state index in [9.17, 15) is 18.0 Å². The molecule has 2 amide bonds. The Morgan fingerprint density at radius 1 is 0.974 bits per heavy atom. The van der Waals surface area contributed by atoms with E-state index in [1.807, 2.05) is 13.8 Å². The topological polar surface area (TPSA) is 96.0 Å². The molecule has 0 saturated carbocycles. The molecule has 0 radical (unpaired) electrons. The highest BCUT2D eigenvalue weighted by Crippen LogP contribution is 2.28. The van der Waals surface area contributed by atoms with Gasteiger partial charge in [0.15, 0.2) is 0 Å². The monoisotopic (exact) mass is 571 g/mol. The largest absolute Gasteiger partial charge is 0.497 e. The van der Waals surface area contributed by atoms with Crippen LogP contribution in [0.4, 0.5) is 5.69 Å². The number of anilines is 1. The lowest BCUT2D eigenvalue weighted by molar-refractivity contribution is -0.139. The summed E-state index contributed by atoms with van der Waals surface area (Å²) in [7, 11) is -2.68. The first kappa shape index (κ1) is 30.0. The molecule has 10 heteroatoms. The SMILES string of the molecule is CCC(C)NC(=O)C(C)N(Cc1ccccc1Cl)C(=O)CN(c1cccc(OC)c1)S(=O)(=O)c1ccccc1. The van der Waals surface area contributed by atoms with Crippen molar-refractivity contribution in [3.05, 3.63) is 89.4 Å². The second-order valence-electron chi connectivity index (χ2n) is 9.13. The van der Waals surface area contributed by atoms with Crippen LogP contribution in [0, 0.1) is 0 Å². The number of benzene rings is 3. The van der Waals surface area contributed by atoms with Gasteiger partial charge in [0.05, 0.1) is 17.7 Å². The molecule has 3 aromatic carbocycles. The number of methoxy groups -OCH3 is 1. The number of carbonyl (C=O) groups is 2. The maximum atomic E-state index is 13.9. The minimum absolute atomic E-state index is 0.0188. The Hall–Kier alpha value is -3.56. The van der Waals surface area contributed by atoms with E-state index in [1.54, 1.807) is 73.7 Å². The zero-order chi connectivity index (χ0) is 28.6. The molecule has 208 valence electrons. The molecule has 0 aliphatic heterocycles. The van der Waals surface area contributed by atoms with Crippen LogP contribution in [0.15, 0.2) is 83.8 Å². The minimum atomic E-state index is -4.15. The molecular weight excluding hydrogens is 538 g/mol. The predicted octanol–water partition coefficient (Wildman–Crippen LogP) is 4.88. The van der Waals surface area contributed by atoms with Crippen LogP contribution in [0.3, 0.4) is 0 Å². The highest BCUT2D eigenvalue weighted by atomic mass is 35.5. The molecule has 0 spiro atoms. The molecule has 0 aromatic heterocycles. The van der Waals surface area contributed by atoms with Gasteiger partial charge in [-0.05, 0) is 56.2 Å². The van der Waals surface area contributed by atoms with E-state index in [-0.39, 0.29) is 29.1 Å². The third-order valence-electron chi connectivity index (χ3n) is 6.42. The van der Waals surface area contributed by atoms with E-state index in [0.717, 1.165) is 10.7 Å². The molecule has 1 N–H and O–H groups in total. The number of ether oxygens (including phenoxy) is 1. The summed E-state index contributed by atoms with van der Waals surface area (Å²) in [6.07, 6.45) is 0.718. The van der Waals surface area contributed by atoms with Gasteiger partial charge in [0.2, 0.25) is 11.8 Å². The molecule has 0 saturated heterocycles. The lowest BCUT2D eigenvalue weighted by Crippen LogP contribution is -2.52. The van der Waals surface area contributed by atoms with E-state index in [4.69, 9.17) is 16.3 Å². The summed E-state index contributed by atoms with van der Waals surface area (Å²) < 4.78 is 33.9. The zero-order valence-corrected chi connectivity index (χ0v) is 24.1. The number of nitrogens with one attached hydrogen (secondary N) is 1. The standard InChI is InChI=1S/C29H34ClN3O5S/c1-5-21(2)31-29(35)22(3)32(19-23-12-9-10-17-27(23)30)28(34)20-33(24-13-11-14-25(18-24)38-4)39(36,37)26-15-7-6-8-16-26/h6-18,21-22H,5,19-20H2,1-4H3,(H,31,35). The van der Waals surface area contributed by atoms with Crippen molar-refractivity contribution in [3.8, 4) is 5.75 Å². The number of hydrogen-bond donors (Lipinski definition) is 1. The molecule has 3 aromatic rings. The number of nitrogens with zero attached hydrogens (tertiary/aromatic N) is 2. The van der Waals surface area contributed by atoms with E-state index in [0.29, 0.717) is 16.3 Å². The predicted molar refractivity (Wildman–Crippen MR) is 153 cm³/mol. The molecule has 2 atom stereocenters. The van der Waals surface area contributed by atoms with E-state index >= 15 is 0 Å². The summed E-state index contributed by atoms with van der Waals surface area (Å²) >= 11 is 6.39.